The lowest BCUT2D eigenvalue weighted by atomic mass is 10.00. The first-order valence-corrected chi connectivity index (χ1v) is 20.5. The summed E-state index contributed by atoms with van der Waals surface area (Å²) in [6, 6.07) is 15.6. The van der Waals surface area contributed by atoms with Crippen LogP contribution in [0.25, 0.3) is 10.8 Å². The molecule has 0 bridgehead atoms. The first-order valence-electron chi connectivity index (χ1n) is 18.0. The first-order chi connectivity index (χ1) is 26.9. The molecule has 5 amide bonds. The summed E-state index contributed by atoms with van der Waals surface area (Å²) < 4.78 is 0. The third-order valence-electron chi connectivity index (χ3n) is 8.58. The van der Waals surface area contributed by atoms with Crippen molar-refractivity contribution in [3.63, 3.8) is 0 Å². The zero-order chi connectivity index (χ0) is 40.5. The smallest absolute Gasteiger partial charge is 0.244 e. The number of phenols is 1. The fraction of sp³-hybridized carbons (Fsp3) is 0.378. The Bertz CT molecular complexity index is 1890. The summed E-state index contributed by atoms with van der Waals surface area (Å²) in [4.78, 5) is 76.1. The molecule has 0 aromatic heterocycles. The van der Waals surface area contributed by atoms with E-state index >= 15 is 0 Å². The van der Waals surface area contributed by atoms with Crippen molar-refractivity contribution in [3.8, 4) is 5.75 Å². The number of hydrogen-bond donors (Lipinski definition) is 10. The second-order valence-corrected chi connectivity index (χ2v) is 15.5. The number of fused-ring (bicyclic) bond motifs is 1. The van der Waals surface area contributed by atoms with Crippen molar-refractivity contribution in [2.75, 3.05) is 31.1 Å². The zero-order valence-electron chi connectivity index (χ0n) is 30.7. The van der Waals surface area contributed by atoms with Gasteiger partial charge in [0.2, 0.25) is 29.5 Å². The van der Waals surface area contributed by atoms with Gasteiger partial charge in [-0.05, 0) is 53.3 Å². The van der Waals surface area contributed by atoms with E-state index in [1.54, 1.807) is 24.3 Å². The predicted octanol–water partition coefficient (Wildman–Crippen LogP) is -0.502. The highest BCUT2D eigenvalue weighted by atomic mass is 33.1. The summed E-state index contributed by atoms with van der Waals surface area (Å²) in [6.45, 7) is 0.423. The van der Waals surface area contributed by atoms with Crippen LogP contribution in [-0.4, -0.2) is 102 Å². The van der Waals surface area contributed by atoms with E-state index in [1.807, 2.05) is 42.5 Å². The van der Waals surface area contributed by atoms with Crippen molar-refractivity contribution < 1.29 is 29.1 Å². The first kappa shape index (κ1) is 43.0. The number of nitrogens with zero attached hydrogens (tertiary/aromatic N) is 2. The van der Waals surface area contributed by atoms with Crippen LogP contribution < -0.4 is 49.5 Å². The molecule has 0 aliphatic carbocycles. The molecule has 300 valence electrons. The van der Waals surface area contributed by atoms with Crippen molar-refractivity contribution >= 4 is 73.8 Å². The van der Waals surface area contributed by atoms with Gasteiger partial charge in [0.1, 0.15) is 29.9 Å². The molecule has 17 nitrogen and oxygen atoms in total. The van der Waals surface area contributed by atoms with E-state index in [9.17, 15) is 29.1 Å². The Morgan fingerprint density at radius 1 is 0.768 bits per heavy atom. The standard InChI is InChI=1S/C37H49N11O6S2/c38-36(39)43-15-3-6-27-33(52)47-28(19-23-7-10-24-4-1-2-5-25(24)18-23)34(53)48-29(32(51)42-16-13-22-8-11-26(49)12-9-22)20-55-56-21-30(35(54)46-27)45-31(50)14-17-44-37(40)41/h1-2,4-5,7-12,18,27-30,49H,3,6,13-17,19-21H2,(H,42,51)(H,45,50)(H,46,54)(H,47,52)(H,48,53)(H4,38,39,43)(H4,40,41,44)/t27-,28+,29-,30+/m1/s1. The van der Waals surface area contributed by atoms with Gasteiger partial charge in [-0.1, -0.05) is 76.2 Å². The number of aromatic hydroxyl groups is 1. The van der Waals surface area contributed by atoms with Crippen LogP contribution in [0, 0.1) is 0 Å². The molecule has 1 aliphatic heterocycles. The average molecular weight is 808 g/mol. The van der Waals surface area contributed by atoms with Crippen molar-refractivity contribution in [1.29, 1.82) is 0 Å². The van der Waals surface area contributed by atoms with E-state index in [1.165, 1.54) is 21.6 Å². The Kier molecular flexibility index (Phi) is 16.9. The van der Waals surface area contributed by atoms with Crippen LogP contribution in [0.5, 0.6) is 5.75 Å². The van der Waals surface area contributed by atoms with Crippen molar-refractivity contribution in [3.05, 3.63) is 77.9 Å². The summed E-state index contributed by atoms with van der Waals surface area (Å²) in [6.07, 6.45) is 0.834. The lowest BCUT2D eigenvalue weighted by Crippen LogP contribution is -2.59. The molecule has 4 atom stereocenters. The fourth-order valence-corrected chi connectivity index (χ4v) is 7.99. The number of rotatable bonds is 14. The molecular weight excluding hydrogens is 759 g/mol. The molecule has 0 unspecified atom stereocenters. The summed E-state index contributed by atoms with van der Waals surface area (Å²) >= 11 is 0. The van der Waals surface area contributed by atoms with Crippen LogP contribution in [0.1, 0.15) is 30.4 Å². The highest BCUT2D eigenvalue weighted by Crippen LogP contribution is 2.24. The SMILES string of the molecule is NC(N)=NCCC[C@H]1NC(=O)[C@@H](NC(=O)CCN=C(N)N)CSSC[C@H](C(=O)NCCc2ccc(O)cc2)NC(=O)[C@H](Cc2ccc3ccccc3c2)NC1=O. The van der Waals surface area contributed by atoms with Gasteiger partial charge in [-0.2, -0.15) is 0 Å². The Hall–Kier alpha value is -5.69. The van der Waals surface area contributed by atoms with Crippen LogP contribution in [0.2, 0.25) is 0 Å². The minimum Gasteiger partial charge on any atom is -0.508 e. The Balaban J connectivity index is 1.61. The molecule has 14 N–H and O–H groups in total. The molecule has 3 aromatic carbocycles. The van der Waals surface area contributed by atoms with Gasteiger partial charge >= 0.3 is 0 Å². The monoisotopic (exact) mass is 807 g/mol. The van der Waals surface area contributed by atoms with E-state index in [2.05, 4.69) is 36.6 Å². The number of carbonyl (C=O) groups excluding carboxylic acids is 5. The summed E-state index contributed by atoms with van der Waals surface area (Å²) in [5.74, 6) is -2.86. The minimum atomic E-state index is -1.15. The summed E-state index contributed by atoms with van der Waals surface area (Å²) in [7, 11) is 2.44. The van der Waals surface area contributed by atoms with Gasteiger partial charge in [0.25, 0.3) is 0 Å². The van der Waals surface area contributed by atoms with Crippen LogP contribution in [0.4, 0.5) is 0 Å². The molecule has 4 rings (SSSR count). The molecule has 0 spiro atoms. The average Bonchev–Trinajstić information content (AvgIpc) is 3.16. The van der Waals surface area contributed by atoms with E-state index < -0.39 is 53.7 Å². The number of guanidine groups is 2. The lowest BCUT2D eigenvalue weighted by molar-refractivity contribution is -0.134. The van der Waals surface area contributed by atoms with Crippen LogP contribution in [-0.2, 0) is 36.8 Å². The Morgan fingerprint density at radius 3 is 2.14 bits per heavy atom. The quantitative estimate of drug-likeness (QED) is 0.0427. The largest absolute Gasteiger partial charge is 0.508 e. The number of hydrogen-bond acceptors (Lipinski definition) is 10. The third kappa shape index (κ3) is 14.5. The van der Waals surface area contributed by atoms with Crippen LogP contribution >= 0.6 is 21.6 Å². The van der Waals surface area contributed by atoms with Gasteiger partial charge < -0.3 is 54.6 Å². The van der Waals surface area contributed by atoms with E-state index in [0.717, 1.165) is 21.9 Å². The topological polar surface area (TPSA) is 295 Å². The maximum Gasteiger partial charge on any atom is 0.244 e. The zero-order valence-corrected chi connectivity index (χ0v) is 32.4. The number of phenolic OH excluding ortho intramolecular Hbond substituents is 1. The molecule has 19 heteroatoms. The van der Waals surface area contributed by atoms with Gasteiger partial charge in [0.05, 0.1) is 6.54 Å². The van der Waals surface area contributed by atoms with Gasteiger partial charge in [-0.25, -0.2) is 0 Å². The minimum absolute atomic E-state index is 0.00204. The molecular formula is C37H49N11O6S2. The maximum absolute atomic E-state index is 14.1. The molecule has 1 fully saturated rings. The van der Waals surface area contributed by atoms with Crippen LogP contribution in [0.3, 0.4) is 0 Å². The van der Waals surface area contributed by atoms with Gasteiger partial charge in [-0.3, -0.25) is 34.0 Å². The fourth-order valence-electron chi connectivity index (χ4n) is 5.67. The number of nitrogens with two attached hydrogens (primary N) is 4. The third-order valence-corrected chi connectivity index (χ3v) is 11.0. The number of benzene rings is 3. The molecule has 0 radical (unpaired) electrons. The number of aliphatic imine (C=N–C) groups is 2. The molecule has 0 saturated carbocycles. The number of carbonyl (C=O) groups is 5. The predicted molar refractivity (Wildman–Crippen MR) is 220 cm³/mol. The number of amides is 5. The second-order valence-electron chi connectivity index (χ2n) is 13.0. The summed E-state index contributed by atoms with van der Waals surface area (Å²) in [5, 5.41) is 25.5. The van der Waals surface area contributed by atoms with Crippen molar-refractivity contribution in [2.24, 2.45) is 32.9 Å². The molecule has 1 heterocycles. The van der Waals surface area contributed by atoms with Crippen molar-refractivity contribution in [1.82, 2.24) is 26.6 Å². The molecule has 56 heavy (non-hydrogen) atoms. The van der Waals surface area contributed by atoms with E-state index in [4.69, 9.17) is 22.9 Å². The second kappa shape index (κ2) is 22.0. The normalized spacial score (nSPS) is 19.3. The highest BCUT2D eigenvalue weighted by molar-refractivity contribution is 8.76. The van der Waals surface area contributed by atoms with E-state index in [-0.39, 0.29) is 68.1 Å². The maximum atomic E-state index is 14.1. The Morgan fingerprint density at radius 2 is 1.41 bits per heavy atom. The molecule has 3 aromatic rings. The van der Waals surface area contributed by atoms with Crippen LogP contribution in [0.15, 0.2) is 76.7 Å². The van der Waals surface area contributed by atoms with Gasteiger partial charge in [0, 0.05) is 37.4 Å². The highest BCUT2D eigenvalue weighted by Gasteiger charge is 2.32. The lowest BCUT2D eigenvalue weighted by Gasteiger charge is -2.27. The van der Waals surface area contributed by atoms with Crippen molar-refractivity contribution in [2.45, 2.75) is 56.3 Å². The molecule has 1 aliphatic rings. The number of nitrogens with one attached hydrogen (secondary N) is 5. The Labute approximate surface area is 332 Å². The van der Waals surface area contributed by atoms with E-state index in [0.29, 0.717) is 12.8 Å². The van der Waals surface area contributed by atoms with Gasteiger partial charge in [0.15, 0.2) is 11.9 Å². The van der Waals surface area contributed by atoms with Gasteiger partial charge in [-0.15, -0.1) is 0 Å². The summed E-state index contributed by atoms with van der Waals surface area (Å²) in [5.41, 5.74) is 23.4. The molecule has 1 saturated heterocycles.